The number of benzene rings is 3. The molecule has 150 valence electrons. The molecule has 1 N–H and O–H groups in total. The van der Waals surface area contributed by atoms with Gasteiger partial charge in [-0.3, -0.25) is 14.9 Å². The number of amides is 1. The van der Waals surface area contributed by atoms with Gasteiger partial charge in [0.15, 0.2) is 0 Å². The number of nitrogens with one attached hydrogen (secondary N) is 1. The number of nitriles is 1. The first-order valence-corrected chi connectivity index (χ1v) is 9.21. The average Bonchev–Trinajstić information content (AvgIpc) is 2.74. The first-order valence-electron chi connectivity index (χ1n) is 9.21. The molecule has 0 bridgehead atoms. The lowest BCUT2D eigenvalue weighted by atomic mass is 10.1. The summed E-state index contributed by atoms with van der Waals surface area (Å²) < 4.78 is 5.80. The highest BCUT2D eigenvalue weighted by atomic mass is 16.6. The molecule has 0 aliphatic carbocycles. The minimum Gasteiger partial charge on any atom is -0.489 e. The maximum absolute atomic E-state index is 12.7. The summed E-state index contributed by atoms with van der Waals surface area (Å²) in [6, 6.07) is 21.0. The van der Waals surface area contributed by atoms with E-state index in [1.165, 1.54) is 12.1 Å². The lowest BCUT2D eigenvalue weighted by Gasteiger charge is -2.13. The van der Waals surface area contributed by atoms with Crippen LogP contribution in [0.2, 0.25) is 0 Å². The van der Waals surface area contributed by atoms with Crippen LogP contribution in [0.15, 0.2) is 66.7 Å². The Hall–Kier alpha value is -4.18. The van der Waals surface area contributed by atoms with Gasteiger partial charge in [0.2, 0.25) is 0 Å². The molecule has 30 heavy (non-hydrogen) atoms. The smallest absolute Gasteiger partial charge is 0.273 e. The number of nitro groups is 1. The molecule has 1 amide bonds. The van der Waals surface area contributed by atoms with Crippen molar-refractivity contribution in [1.82, 2.24) is 0 Å². The third kappa shape index (κ3) is 4.80. The average molecular weight is 401 g/mol. The molecule has 7 heteroatoms. The third-order valence-electron chi connectivity index (χ3n) is 4.61. The van der Waals surface area contributed by atoms with Crippen LogP contribution in [-0.2, 0) is 13.0 Å². The normalized spacial score (nSPS) is 10.1. The molecule has 0 radical (unpaired) electrons. The first kappa shape index (κ1) is 20.6. The number of rotatable bonds is 7. The van der Waals surface area contributed by atoms with Gasteiger partial charge in [-0.05, 0) is 36.8 Å². The number of hydrogen-bond donors (Lipinski definition) is 1. The summed E-state index contributed by atoms with van der Waals surface area (Å²) in [5.41, 5.74) is 2.69. The van der Waals surface area contributed by atoms with E-state index in [-0.39, 0.29) is 17.9 Å². The molecule has 0 spiro atoms. The Balaban J connectivity index is 1.74. The Morgan fingerprint density at radius 2 is 1.83 bits per heavy atom. The highest BCUT2D eigenvalue weighted by Gasteiger charge is 2.18. The van der Waals surface area contributed by atoms with Crippen molar-refractivity contribution in [2.75, 3.05) is 5.32 Å². The minimum atomic E-state index is -0.504. The maximum atomic E-state index is 12.7. The molecular weight excluding hydrogens is 382 g/mol. The highest BCUT2D eigenvalue weighted by Crippen LogP contribution is 2.24. The molecule has 0 fully saturated rings. The minimum absolute atomic E-state index is 0.0980. The van der Waals surface area contributed by atoms with Crippen LogP contribution in [-0.4, -0.2) is 10.8 Å². The molecule has 0 unspecified atom stereocenters. The van der Waals surface area contributed by atoms with Crippen molar-refractivity contribution < 1.29 is 14.5 Å². The molecule has 0 saturated heterocycles. The van der Waals surface area contributed by atoms with E-state index in [0.717, 1.165) is 11.1 Å². The van der Waals surface area contributed by atoms with Crippen molar-refractivity contribution in [3.63, 3.8) is 0 Å². The molecular formula is C23H19N3O4. The van der Waals surface area contributed by atoms with Gasteiger partial charge in [0, 0.05) is 28.4 Å². The number of hydrogen-bond acceptors (Lipinski definition) is 5. The van der Waals surface area contributed by atoms with Crippen molar-refractivity contribution in [1.29, 1.82) is 5.26 Å². The van der Waals surface area contributed by atoms with Crippen LogP contribution in [0.1, 0.15) is 27.0 Å². The second-order valence-electron chi connectivity index (χ2n) is 6.59. The Morgan fingerprint density at radius 3 is 2.53 bits per heavy atom. The molecule has 0 aromatic heterocycles. The van der Waals surface area contributed by atoms with E-state index in [1.54, 1.807) is 37.3 Å². The second kappa shape index (κ2) is 9.34. The molecule has 0 heterocycles. The third-order valence-corrected chi connectivity index (χ3v) is 4.61. The number of para-hydroxylation sites is 1. The summed E-state index contributed by atoms with van der Waals surface area (Å²) in [7, 11) is 0. The Kier molecular flexibility index (Phi) is 6.40. The molecule has 0 atom stereocenters. The van der Waals surface area contributed by atoms with Gasteiger partial charge < -0.3 is 10.1 Å². The van der Waals surface area contributed by atoms with Gasteiger partial charge >= 0.3 is 0 Å². The fourth-order valence-corrected chi connectivity index (χ4v) is 2.98. The van der Waals surface area contributed by atoms with Gasteiger partial charge in [0.25, 0.3) is 11.6 Å². The van der Waals surface area contributed by atoms with E-state index in [0.29, 0.717) is 23.4 Å². The van der Waals surface area contributed by atoms with Crippen LogP contribution in [0.5, 0.6) is 5.75 Å². The van der Waals surface area contributed by atoms with E-state index in [9.17, 15) is 14.9 Å². The largest absolute Gasteiger partial charge is 0.489 e. The van der Waals surface area contributed by atoms with Gasteiger partial charge in [-0.25, -0.2) is 0 Å². The summed E-state index contributed by atoms with van der Waals surface area (Å²) in [6.45, 7) is 1.78. The Labute approximate surface area is 173 Å². The van der Waals surface area contributed by atoms with Gasteiger partial charge in [-0.15, -0.1) is 0 Å². The van der Waals surface area contributed by atoms with Crippen LogP contribution in [0, 0.1) is 28.4 Å². The van der Waals surface area contributed by atoms with Crippen molar-refractivity contribution in [2.24, 2.45) is 0 Å². The predicted octanol–water partition coefficient (Wildman–Crippen LogP) is 4.80. The van der Waals surface area contributed by atoms with Crippen molar-refractivity contribution in [3.05, 3.63) is 99.1 Å². The molecule has 0 aliphatic rings. The molecule has 3 aromatic rings. The van der Waals surface area contributed by atoms with Crippen molar-refractivity contribution in [3.8, 4) is 11.8 Å². The van der Waals surface area contributed by atoms with E-state index in [2.05, 4.69) is 11.4 Å². The quantitative estimate of drug-likeness (QED) is 0.452. The van der Waals surface area contributed by atoms with E-state index >= 15 is 0 Å². The summed E-state index contributed by atoms with van der Waals surface area (Å²) in [6.07, 6.45) is 0.339. The van der Waals surface area contributed by atoms with Crippen LogP contribution >= 0.6 is 0 Å². The van der Waals surface area contributed by atoms with E-state index in [4.69, 9.17) is 10.00 Å². The monoisotopic (exact) mass is 401 g/mol. The Morgan fingerprint density at radius 1 is 1.10 bits per heavy atom. The SMILES string of the molecule is Cc1c(C(=O)Nc2ccccc2COc2ccc(CC#N)cc2)cccc1[N+](=O)[O-]. The zero-order valence-corrected chi connectivity index (χ0v) is 16.3. The van der Waals surface area contributed by atoms with Crippen molar-refractivity contribution in [2.45, 2.75) is 20.0 Å². The second-order valence-corrected chi connectivity index (χ2v) is 6.59. The standard InChI is InChI=1S/C23H19N3O4/c1-16-20(6-4-8-22(16)26(28)29)23(27)25-21-7-3-2-5-18(21)15-30-19-11-9-17(10-12-19)13-14-24/h2-12H,13,15H2,1H3,(H,25,27). The summed E-state index contributed by atoms with van der Waals surface area (Å²) >= 11 is 0. The summed E-state index contributed by atoms with van der Waals surface area (Å²) in [5, 5.41) is 22.7. The number of carbonyl (C=O) groups is 1. The van der Waals surface area contributed by atoms with Crippen LogP contribution in [0.25, 0.3) is 0 Å². The lowest BCUT2D eigenvalue weighted by molar-refractivity contribution is -0.385. The molecule has 3 aromatic carbocycles. The zero-order valence-electron chi connectivity index (χ0n) is 16.3. The fraction of sp³-hybridized carbons (Fsp3) is 0.130. The van der Waals surface area contributed by atoms with Gasteiger partial charge in [0.05, 0.1) is 17.4 Å². The number of carbonyl (C=O) groups excluding carboxylic acids is 1. The fourth-order valence-electron chi connectivity index (χ4n) is 2.98. The van der Waals surface area contributed by atoms with E-state index < -0.39 is 10.8 Å². The number of nitrogens with zero attached hydrogens (tertiary/aromatic N) is 2. The highest BCUT2D eigenvalue weighted by molar-refractivity contribution is 6.06. The van der Waals surface area contributed by atoms with Crippen molar-refractivity contribution >= 4 is 17.3 Å². The summed E-state index contributed by atoms with van der Waals surface area (Å²) in [4.78, 5) is 23.4. The number of ether oxygens (including phenoxy) is 1. The Bertz CT molecular complexity index is 1120. The van der Waals surface area contributed by atoms with Gasteiger partial charge in [0.1, 0.15) is 12.4 Å². The van der Waals surface area contributed by atoms with Crippen LogP contribution in [0.4, 0.5) is 11.4 Å². The predicted molar refractivity (Wildman–Crippen MR) is 112 cm³/mol. The number of anilines is 1. The maximum Gasteiger partial charge on any atom is 0.273 e. The summed E-state index contributed by atoms with van der Waals surface area (Å²) in [5.74, 6) is 0.219. The lowest BCUT2D eigenvalue weighted by Crippen LogP contribution is -2.15. The zero-order chi connectivity index (χ0) is 21.5. The molecule has 7 nitrogen and oxygen atoms in total. The molecule has 0 saturated carbocycles. The topological polar surface area (TPSA) is 105 Å². The van der Waals surface area contributed by atoms with Crippen LogP contribution < -0.4 is 10.1 Å². The number of nitro benzene ring substituents is 1. The van der Waals surface area contributed by atoms with Crippen LogP contribution in [0.3, 0.4) is 0 Å². The molecule has 0 aliphatic heterocycles. The first-order chi connectivity index (χ1) is 14.5. The van der Waals surface area contributed by atoms with Gasteiger partial charge in [-0.2, -0.15) is 5.26 Å². The van der Waals surface area contributed by atoms with Gasteiger partial charge in [-0.1, -0.05) is 36.4 Å². The molecule has 3 rings (SSSR count). The van der Waals surface area contributed by atoms with E-state index in [1.807, 2.05) is 24.3 Å².